The highest BCUT2D eigenvalue weighted by Crippen LogP contribution is 2.38. The molecule has 0 unspecified atom stereocenters. The molecule has 0 bridgehead atoms. The number of carbonyl (C=O) groups is 1. The van der Waals surface area contributed by atoms with E-state index in [0.29, 0.717) is 6.54 Å². The van der Waals surface area contributed by atoms with Crippen molar-refractivity contribution in [2.24, 2.45) is 15.8 Å². The molecule has 1 rings (SSSR count). The second-order valence-corrected chi connectivity index (χ2v) is 7.53. The normalized spacial score (nSPS) is 17.6. The highest BCUT2D eigenvalue weighted by Gasteiger charge is 2.42. The molecule has 0 heterocycles. The molecule has 6 heteroatoms. The van der Waals surface area contributed by atoms with Crippen LogP contribution in [0.25, 0.3) is 0 Å². The lowest BCUT2D eigenvalue weighted by Crippen LogP contribution is -2.50. The topological polar surface area (TPSA) is 56.7 Å². The third-order valence-corrected chi connectivity index (χ3v) is 4.02. The first-order valence-corrected chi connectivity index (χ1v) is 7.86. The lowest BCUT2D eigenvalue weighted by molar-refractivity contribution is -0.138. The minimum absolute atomic E-state index is 0. The van der Waals surface area contributed by atoms with Crippen LogP contribution in [-0.2, 0) is 4.79 Å². The summed E-state index contributed by atoms with van der Waals surface area (Å²) in [6.07, 6.45) is 4.20. The van der Waals surface area contributed by atoms with Crippen LogP contribution in [0.1, 0.15) is 46.5 Å². The first-order chi connectivity index (χ1) is 9.70. The van der Waals surface area contributed by atoms with Crippen molar-refractivity contribution in [2.75, 3.05) is 34.2 Å². The highest BCUT2D eigenvalue weighted by atomic mass is 127. The third kappa shape index (κ3) is 6.30. The fourth-order valence-electron chi connectivity index (χ4n) is 2.81. The summed E-state index contributed by atoms with van der Waals surface area (Å²) in [5.41, 5.74) is -0.0645. The van der Waals surface area contributed by atoms with Gasteiger partial charge in [0.1, 0.15) is 0 Å². The van der Waals surface area contributed by atoms with Crippen LogP contribution < -0.4 is 10.6 Å². The van der Waals surface area contributed by atoms with E-state index >= 15 is 0 Å². The quantitative estimate of drug-likeness (QED) is 0.414. The van der Waals surface area contributed by atoms with Crippen molar-refractivity contribution in [1.29, 1.82) is 0 Å². The fourth-order valence-corrected chi connectivity index (χ4v) is 2.81. The molecule has 0 spiro atoms. The number of nitrogens with one attached hydrogen (secondary N) is 2. The van der Waals surface area contributed by atoms with Gasteiger partial charge in [-0.3, -0.25) is 9.79 Å². The molecule has 5 nitrogen and oxygen atoms in total. The van der Waals surface area contributed by atoms with Crippen molar-refractivity contribution >= 4 is 35.8 Å². The molecular weight excluding hydrogens is 391 g/mol. The number of hydrogen-bond acceptors (Lipinski definition) is 2. The van der Waals surface area contributed by atoms with E-state index < -0.39 is 0 Å². The predicted molar refractivity (Wildman–Crippen MR) is 104 cm³/mol. The largest absolute Gasteiger partial charge is 0.356 e. The highest BCUT2D eigenvalue weighted by molar-refractivity contribution is 14.0. The van der Waals surface area contributed by atoms with E-state index in [0.717, 1.165) is 38.2 Å². The second kappa shape index (κ2) is 8.93. The number of carbonyl (C=O) groups excluding carboxylic acids is 1. The van der Waals surface area contributed by atoms with Gasteiger partial charge in [0, 0.05) is 34.2 Å². The molecule has 0 atom stereocenters. The van der Waals surface area contributed by atoms with E-state index in [9.17, 15) is 4.79 Å². The number of hydrogen-bond donors (Lipinski definition) is 2. The van der Waals surface area contributed by atoms with Crippen LogP contribution in [0, 0.1) is 10.8 Å². The van der Waals surface area contributed by atoms with E-state index in [1.54, 1.807) is 11.9 Å². The molecule has 1 amide bonds. The minimum atomic E-state index is -0.261. The summed E-state index contributed by atoms with van der Waals surface area (Å²) in [5, 5.41) is 6.68. The Kier molecular flexibility index (Phi) is 8.72. The number of rotatable bonds is 4. The summed E-state index contributed by atoms with van der Waals surface area (Å²) in [6.45, 7) is 8.05. The average molecular weight is 424 g/mol. The summed E-state index contributed by atoms with van der Waals surface area (Å²) in [7, 11) is 5.46. The number of halogens is 1. The van der Waals surface area contributed by atoms with Crippen LogP contribution in [0.3, 0.4) is 0 Å². The zero-order valence-electron chi connectivity index (χ0n) is 15.0. The first-order valence-electron chi connectivity index (χ1n) is 7.86. The molecule has 22 heavy (non-hydrogen) atoms. The molecule has 1 fully saturated rings. The molecule has 0 radical (unpaired) electrons. The summed E-state index contributed by atoms with van der Waals surface area (Å²) < 4.78 is 0. The van der Waals surface area contributed by atoms with Gasteiger partial charge in [0.25, 0.3) is 0 Å². The van der Waals surface area contributed by atoms with Gasteiger partial charge in [0.2, 0.25) is 5.91 Å². The molecule has 0 aliphatic heterocycles. The number of aliphatic imine (C=N–C) groups is 1. The Balaban J connectivity index is 0.00000441. The maximum absolute atomic E-state index is 12.5. The van der Waals surface area contributed by atoms with Crippen LogP contribution in [0.4, 0.5) is 0 Å². The Bertz CT molecular complexity index is 382. The van der Waals surface area contributed by atoms with Gasteiger partial charge in [-0.1, -0.05) is 33.6 Å². The average Bonchev–Trinajstić information content (AvgIpc) is 2.86. The summed E-state index contributed by atoms with van der Waals surface area (Å²) in [5.74, 6) is 1.02. The lowest BCUT2D eigenvalue weighted by atomic mass is 9.84. The van der Waals surface area contributed by atoms with E-state index in [2.05, 4.69) is 36.4 Å². The van der Waals surface area contributed by atoms with Crippen LogP contribution in [0.15, 0.2) is 4.99 Å². The van der Waals surface area contributed by atoms with Gasteiger partial charge in [0.15, 0.2) is 5.96 Å². The van der Waals surface area contributed by atoms with Crippen LogP contribution in [-0.4, -0.2) is 51.0 Å². The Morgan fingerprint density at radius 3 is 2.14 bits per heavy atom. The van der Waals surface area contributed by atoms with Crippen LogP contribution in [0.2, 0.25) is 0 Å². The summed E-state index contributed by atoms with van der Waals surface area (Å²) >= 11 is 0. The molecule has 0 saturated heterocycles. The van der Waals surface area contributed by atoms with Gasteiger partial charge in [0.05, 0.1) is 5.41 Å². The molecule has 130 valence electrons. The van der Waals surface area contributed by atoms with E-state index in [1.807, 2.05) is 14.1 Å². The van der Waals surface area contributed by atoms with Gasteiger partial charge in [-0.05, 0) is 18.3 Å². The van der Waals surface area contributed by atoms with Crippen molar-refractivity contribution in [3.63, 3.8) is 0 Å². The van der Waals surface area contributed by atoms with Crippen molar-refractivity contribution < 1.29 is 4.79 Å². The first kappa shape index (κ1) is 21.5. The summed E-state index contributed by atoms with van der Waals surface area (Å²) in [4.78, 5) is 18.5. The Morgan fingerprint density at radius 2 is 1.73 bits per heavy atom. The van der Waals surface area contributed by atoms with Gasteiger partial charge < -0.3 is 15.5 Å². The maximum atomic E-state index is 12.5. The van der Waals surface area contributed by atoms with Gasteiger partial charge >= 0.3 is 0 Å². The number of nitrogens with zero attached hydrogens (tertiary/aromatic N) is 2. The predicted octanol–water partition coefficient (Wildman–Crippen LogP) is 2.46. The van der Waals surface area contributed by atoms with Crippen molar-refractivity contribution in [1.82, 2.24) is 15.5 Å². The lowest BCUT2D eigenvalue weighted by Gasteiger charge is -2.31. The number of amides is 1. The Labute approximate surface area is 152 Å². The Morgan fingerprint density at radius 1 is 1.18 bits per heavy atom. The molecule has 1 aliphatic carbocycles. The van der Waals surface area contributed by atoms with Crippen molar-refractivity contribution in [3.05, 3.63) is 0 Å². The zero-order chi connectivity index (χ0) is 16.1. The molecule has 2 N–H and O–H groups in total. The Hall–Kier alpha value is -0.530. The van der Waals surface area contributed by atoms with Gasteiger partial charge in [-0.15, -0.1) is 24.0 Å². The molecule has 0 aromatic carbocycles. The molecule has 0 aromatic rings. The fraction of sp³-hybridized carbons (Fsp3) is 0.875. The third-order valence-electron chi connectivity index (χ3n) is 4.02. The number of guanidine groups is 1. The van der Waals surface area contributed by atoms with Crippen molar-refractivity contribution in [2.45, 2.75) is 46.5 Å². The second-order valence-electron chi connectivity index (χ2n) is 7.53. The van der Waals surface area contributed by atoms with Gasteiger partial charge in [-0.25, -0.2) is 0 Å². The van der Waals surface area contributed by atoms with Crippen molar-refractivity contribution in [3.8, 4) is 0 Å². The van der Waals surface area contributed by atoms with Gasteiger partial charge in [-0.2, -0.15) is 0 Å². The van der Waals surface area contributed by atoms with Crippen LogP contribution >= 0.6 is 24.0 Å². The standard InChI is InChI=1S/C16H32N4O.HI/c1-15(2,3)11-18-14(17-4)19-12-16(9-7-8-10-16)13(21)20(5)6;/h7-12H2,1-6H3,(H2,17,18,19);1H. The maximum Gasteiger partial charge on any atom is 0.230 e. The zero-order valence-corrected chi connectivity index (χ0v) is 17.3. The SMILES string of the molecule is CN=C(NCC(C)(C)C)NCC1(C(=O)N(C)C)CCCC1.I. The van der Waals surface area contributed by atoms with E-state index in [1.165, 1.54) is 0 Å². The van der Waals surface area contributed by atoms with E-state index in [-0.39, 0.29) is 40.7 Å². The minimum Gasteiger partial charge on any atom is -0.356 e. The smallest absolute Gasteiger partial charge is 0.230 e. The molecule has 1 saturated carbocycles. The van der Waals surface area contributed by atoms with E-state index in [4.69, 9.17) is 0 Å². The molecular formula is C16H33IN4O. The monoisotopic (exact) mass is 424 g/mol. The van der Waals surface area contributed by atoms with Crippen LogP contribution in [0.5, 0.6) is 0 Å². The molecule has 1 aliphatic rings. The summed E-state index contributed by atoms with van der Waals surface area (Å²) in [6, 6.07) is 0. The molecule has 0 aromatic heterocycles.